The number of carbonyl (C=O) groups excluding carboxylic acids is 1. The van der Waals surface area contributed by atoms with Crippen LogP contribution >= 0.6 is 11.6 Å². The number of oxazole rings is 1. The van der Waals surface area contributed by atoms with E-state index in [0.29, 0.717) is 24.6 Å². The van der Waals surface area contributed by atoms with Crippen molar-refractivity contribution in [1.29, 1.82) is 0 Å². The molecule has 0 saturated carbocycles. The normalized spacial score (nSPS) is 17.1. The predicted octanol–water partition coefficient (Wildman–Crippen LogP) is 4.33. The summed E-state index contributed by atoms with van der Waals surface area (Å²) < 4.78 is 5.99. The highest BCUT2D eigenvalue weighted by Crippen LogP contribution is 2.28. The second-order valence-electron chi connectivity index (χ2n) is 6.77. The van der Waals surface area contributed by atoms with Gasteiger partial charge in [0.2, 0.25) is 0 Å². The van der Waals surface area contributed by atoms with Gasteiger partial charge < -0.3 is 9.32 Å². The minimum absolute atomic E-state index is 0.0340. The van der Waals surface area contributed by atoms with Gasteiger partial charge in [-0.25, -0.2) is 4.98 Å². The van der Waals surface area contributed by atoms with Crippen molar-refractivity contribution in [2.75, 3.05) is 13.1 Å². The molecule has 138 valence electrons. The van der Waals surface area contributed by atoms with Gasteiger partial charge in [-0.3, -0.25) is 9.78 Å². The fourth-order valence-electron chi connectivity index (χ4n) is 3.41. The van der Waals surface area contributed by atoms with Gasteiger partial charge in [0, 0.05) is 30.7 Å². The third kappa shape index (κ3) is 4.19. The molecular formula is C21H20ClN3O2. The lowest BCUT2D eigenvalue weighted by Crippen LogP contribution is -2.39. The van der Waals surface area contributed by atoms with Crippen LogP contribution in [0, 0.1) is 0 Å². The molecule has 4 rings (SSSR count). The number of pyridine rings is 1. The Morgan fingerprint density at radius 2 is 2.04 bits per heavy atom. The van der Waals surface area contributed by atoms with E-state index in [1.165, 1.54) is 0 Å². The van der Waals surface area contributed by atoms with Gasteiger partial charge in [-0.1, -0.05) is 29.8 Å². The van der Waals surface area contributed by atoms with Gasteiger partial charge in [0.05, 0.1) is 12.1 Å². The van der Waals surface area contributed by atoms with Crippen LogP contribution < -0.4 is 0 Å². The maximum absolute atomic E-state index is 12.7. The highest BCUT2D eigenvalue weighted by Gasteiger charge is 2.28. The van der Waals surface area contributed by atoms with Crippen LogP contribution in [0.15, 0.2) is 59.3 Å². The van der Waals surface area contributed by atoms with Crippen molar-refractivity contribution in [3.63, 3.8) is 0 Å². The summed E-state index contributed by atoms with van der Waals surface area (Å²) in [6.45, 7) is 1.35. The van der Waals surface area contributed by atoms with E-state index in [0.717, 1.165) is 35.7 Å². The number of nitrogens with zero attached hydrogens (tertiary/aromatic N) is 3. The Morgan fingerprint density at radius 3 is 2.81 bits per heavy atom. The third-order valence-corrected chi connectivity index (χ3v) is 5.06. The van der Waals surface area contributed by atoms with E-state index in [2.05, 4.69) is 9.97 Å². The van der Waals surface area contributed by atoms with Crippen LogP contribution in [-0.4, -0.2) is 33.9 Å². The van der Waals surface area contributed by atoms with Crippen molar-refractivity contribution in [2.45, 2.75) is 25.2 Å². The first-order valence-corrected chi connectivity index (χ1v) is 9.46. The fourth-order valence-corrected chi connectivity index (χ4v) is 3.54. The molecule has 0 bridgehead atoms. The monoisotopic (exact) mass is 381 g/mol. The first-order valence-electron chi connectivity index (χ1n) is 9.08. The Hall–Kier alpha value is -2.66. The molecule has 5 nitrogen and oxygen atoms in total. The summed E-state index contributed by atoms with van der Waals surface area (Å²) in [5.74, 6) is 1.61. The SMILES string of the molecule is O=C(c1ccccn1)N1CCC[C@H](c2ncc(Cc3ccc(Cl)cc3)o2)C1. The predicted molar refractivity (Wildman–Crippen MR) is 103 cm³/mol. The highest BCUT2D eigenvalue weighted by atomic mass is 35.5. The van der Waals surface area contributed by atoms with Crippen LogP contribution in [0.5, 0.6) is 0 Å². The standard InChI is InChI=1S/C21H20ClN3O2/c22-17-8-6-15(7-9-17)12-18-13-24-20(27-18)16-4-3-11-25(14-16)21(26)19-5-1-2-10-23-19/h1-2,5-10,13,16H,3-4,11-12,14H2/t16-/m0/s1. The second kappa shape index (κ2) is 7.92. The number of likely N-dealkylation sites (tertiary alicyclic amines) is 1. The van der Waals surface area contributed by atoms with E-state index in [9.17, 15) is 4.79 Å². The lowest BCUT2D eigenvalue weighted by atomic mass is 9.97. The van der Waals surface area contributed by atoms with Crippen molar-refractivity contribution < 1.29 is 9.21 Å². The van der Waals surface area contributed by atoms with Gasteiger partial charge >= 0.3 is 0 Å². The molecule has 0 radical (unpaired) electrons. The minimum Gasteiger partial charge on any atom is -0.445 e. The highest BCUT2D eigenvalue weighted by molar-refractivity contribution is 6.30. The number of hydrogen-bond donors (Lipinski definition) is 0. The average molecular weight is 382 g/mol. The number of benzene rings is 1. The molecule has 1 aliphatic rings. The number of aromatic nitrogens is 2. The summed E-state index contributed by atoms with van der Waals surface area (Å²) in [5.41, 5.74) is 1.60. The first-order chi connectivity index (χ1) is 13.2. The summed E-state index contributed by atoms with van der Waals surface area (Å²) >= 11 is 5.93. The van der Waals surface area contributed by atoms with Gasteiger partial charge in [0.1, 0.15) is 11.5 Å². The van der Waals surface area contributed by atoms with Gasteiger partial charge in [0.15, 0.2) is 5.89 Å². The van der Waals surface area contributed by atoms with E-state index in [1.54, 1.807) is 18.5 Å². The molecule has 0 aliphatic carbocycles. The van der Waals surface area contributed by atoms with Crippen molar-refractivity contribution in [2.24, 2.45) is 0 Å². The molecule has 1 atom stereocenters. The van der Waals surface area contributed by atoms with Gasteiger partial charge in [-0.05, 0) is 42.7 Å². The Balaban J connectivity index is 1.43. The summed E-state index contributed by atoms with van der Waals surface area (Å²) in [6, 6.07) is 13.1. The van der Waals surface area contributed by atoms with E-state index in [1.807, 2.05) is 41.3 Å². The largest absolute Gasteiger partial charge is 0.445 e. The topological polar surface area (TPSA) is 59.2 Å². The van der Waals surface area contributed by atoms with E-state index < -0.39 is 0 Å². The van der Waals surface area contributed by atoms with Crippen LogP contribution in [0.4, 0.5) is 0 Å². The van der Waals surface area contributed by atoms with Crippen molar-refractivity contribution in [3.8, 4) is 0 Å². The maximum Gasteiger partial charge on any atom is 0.272 e. The van der Waals surface area contributed by atoms with Gasteiger partial charge in [0.25, 0.3) is 5.91 Å². The summed E-state index contributed by atoms with van der Waals surface area (Å²) in [4.78, 5) is 23.1. The molecule has 3 heterocycles. The maximum atomic E-state index is 12.7. The lowest BCUT2D eigenvalue weighted by Gasteiger charge is -2.31. The zero-order valence-electron chi connectivity index (χ0n) is 14.8. The minimum atomic E-state index is -0.0340. The van der Waals surface area contributed by atoms with Crippen LogP contribution in [0.25, 0.3) is 0 Å². The molecule has 1 aromatic carbocycles. The van der Waals surface area contributed by atoms with Crippen molar-refractivity contribution >= 4 is 17.5 Å². The first kappa shape index (κ1) is 17.7. The number of amides is 1. The summed E-state index contributed by atoms with van der Waals surface area (Å²) in [5, 5.41) is 0.719. The van der Waals surface area contributed by atoms with Gasteiger partial charge in [-0.15, -0.1) is 0 Å². The van der Waals surface area contributed by atoms with Crippen LogP contribution in [0.1, 0.15) is 46.5 Å². The van der Waals surface area contributed by atoms with E-state index in [-0.39, 0.29) is 11.8 Å². The molecule has 0 N–H and O–H groups in total. The third-order valence-electron chi connectivity index (χ3n) is 4.80. The molecule has 1 amide bonds. The van der Waals surface area contributed by atoms with E-state index in [4.69, 9.17) is 16.0 Å². The molecular weight excluding hydrogens is 362 g/mol. The molecule has 0 spiro atoms. The fraction of sp³-hybridized carbons (Fsp3) is 0.286. The Bertz CT molecular complexity index is 909. The molecule has 27 heavy (non-hydrogen) atoms. The molecule has 3 aromatic rings. The van der Waals surface area contributed by atoms with Crippen molar-refractivity contribution in [3.05, 3.63) is 82.8 Å². The Labute approximate surface area is 163 Å². The molecule has 6 heteroatoms. The lowest BCUT2D eigenvalue weighted by molar-refractivity contribution is 0.0692. The summed E-state index contributed by atoms with van der Waals surface area (Å²) in [6.07, 6.45) is 5.99. The van der Waals surface area contributed by atoms with Crippen LogP contribution in [-0.2, 0) is 6.42 Å². The summed E-state index contributed by atoms with van der Waals surface area (Å²) in [7, 11) is 0. The molecule has 1 saturated heterocycles. The zero-order valence-corrected chi connectivity index (χ0v) is 15.6. The van der Waals surface area contributed by atoms with Crippen molar-refractivity contribution in [1.82, 2.24) is 14.9 Å². The molecule has 1 fully saturated rings. The Morgan fingerprint density at radius 1 is 1.19 bits per heavy atom. The molecule has 0 unspecified atom stereocenters. The Kier molecular flexibility index (Phi) is 5.21. The molecule has 2 aromatic heterocycles. The second-order valence-corrected chi connectivity index (χ2v) is 7.21. The number of carbonyl (C=O) groups is 1. The number of halogens is 1. The average Bonchev–Trinajstić information content (AvgIpc) is 3.18. The number of rotatable bonds is 4. The van der Waals surface area contributed by atoms with Crippen LogP contribution in [0.2, 0.25) is 5.02 Å². The number of hydrogen-bond acceptors (Lipinski definition) is 4. The zero-order chi connectivity index (χ0) is 18.6. The van der Waals surface area contributed by atoms with E-state index >= 15 is 0 Å². The number of piperidine rings is 1. The molecule has 1 aliphatic heterocycles. The van der Waals surface area contributed by atoms with Crippen LogP contribution in [0.3, 0.4) is 0 Å². The smallest absolute Gasteiger partial charge is 0.272 e. The van der Waals surface area contributed by atoms with Gasteiger partial charge in [-0.2, -0.15) is 0 Å². The quantitative estimate of drug-likeness (QED) is 0.674.